The van der Waals surface area contributed by atoms with Gasteiger partial charge in [0, 0.05) is 19.1 Å². The van der Waals surface area contributed by atoms with Gasteiger partial charge in [0.25, 0.3) is 0 Å². The molecule has 0 amide bonds. The topological polar surface area (TPSA) is 29.5 Å². The van der Waals surface area contributed by atoms with Gasteiger partial charge in [-0.15, -0.1) is 0 Å². The third kappa shape index (κ3) is 3.87. The quantitative estimate of drug-likeness (QED) is 0.841. The lowest BCUT2D eigenvalue weighted by Gasteiger charge is -2.18. The maximum atomic E-state index is 12.9. The molecule has 0 spiro atoms. The fourth-order valence-corrected chi connectivity index (χ4v) is 1.51. The Morgan fingerprint density at radius 3 is 2.31 bits per heavy atom. The van der Waals surface area contributed by atoms with Gasteiger partial charge >= 0.3 is 0 Å². The second kappa shape index (κ2) is 5.92. The van der Waals surface area contributed by atoms with Crippen molar-refractivity contribution < 1.29 is 18.6 Å². The van der Waals surface area contributed by atoms with E-state index < -0.39 is 17.7 Å². The minimum absolute atomic E-state index is 0.176. The van der Waals surface area contributed by atoms with Crippen LogP contribution in [0, 0.1) is 11.6 Å². The number of benzene rings is 1. The molecule has 0 aromatic heterocycles. The molecule has 90 valence electrons. The van der Waals surface area contributed by atoms with Crippen LogP contribution >= 0.6 is 0 Å². The average Bonchev–Trinajstić information content (AvgIpc) is 2.16. The average molecular weight is 230 g/mol. The zero-order valence-corrected chi connectivity index (χ0v) is 9.41. The van der Waals surface area contributed by atoms with Crippen LogP contribution in [-0.4, -0.2) is 23.9 Å². The highest BCUT2D eigenvalue weighted by Gasteiger charge is 2.15. The number of rotatable bonds is 5. The first-order chi connectivity index (χ1) is 7.52. The van der Waals surface area contributed by atoms with Crippen LogP contribution in [0.4, 0.5) is 8.78 Å². The lowest BCUT2D eigenvalue weighted by Crippen LogP contribution is -2.28. The van der Waals surface area contributed by atoms with Crippen molar-refractivity contribution in [2.24, 2.45) is 0 Å². The Morgan fingerprint density at radius 2 is 1.81 bits per heavy atom. The highest BCUT2D eigenvalue weighted by molar-refractivity contribution is 5.18. The summed E-state index contributed by atoms with van der Waals surface area (Å²) < 4.78 is 30.9. The fraction of sp³-hybridized carbons (Fsp3) is 0.500. The molecule has 0 radical (unpaired) electrons. The summed E-state index contributed by atoms with van der Waals surface area (Å²) in [5.74, 6) is -1.27. The van der Waals surface area contributed by atoms with Gasteiger partial charge in [-0.05, 0) is 31.5 Å². The van der Waals surface area contributed by atoms with Crippen molar-refractivity contribution in [1.82, 2.24) is 0 Å². The van der Waals surface area contributed by atoms with Crippen LogP contribution in [0.1, 0.15) is 19.4 Å². The maximum Gasteiger partial charge on any atom is 0.126 e. The minimum Gasteiger partial charge on any atom is -0.390 e. The smallest absolute Gasteiger partial charge is 0.126 e. The Bertz CT molecular complexity index is 322. The molecule has 0 heterocycles. The van der Waals surface area contributed by atoms with Crippen molar-refractivity contribution in [2.75, 3.05) is 6.61 Å². The number of ether oxygens (including phenoxy) is 1. The number of aliphatic hydroxyl groups is 1. The van der Waals surface area contributed by atoms with Crippen molar-refractivity contribution in [1.29, 1.82) is 0 Å². The highest BCUT2D eigenvalue weighted by atomic mass is 19.1. The minimum atomic E-state index is -0.763. The summed E-state index contributed by atoms with van der Waals surface area (Å²) >= 11 is 0. The molecular formula is C12H16F2O2. The number of hydrogen-bond acceptors (Lipinski definition) is 2. The van der Waals surface area contributed by atoms with Gasteiger partial charge in [-0.1, -0.05) is 0 Å². The van der Waals surface area contributed by atoms with Crippen LogP contribution in [0.25, 0.3) is 0 Å². The van der Waals surface area contributed by atoms with Crippen LogP contribution in [0.5, 0.6) is 0 Å². The molecule has 16 heavy (non-hydrogen) atoms. The molecule has 0 fully saturated rings. The van der Waals surface area contributed by atoms with E-state index >= 15 is 0 Å². The van der Waals surface area contributed by atoms with Gasteiger partial charge in [-0.3, -0.25) is 0 Å². The summed E-state index contributed by atoms with van der Waals surface area (Å²) in [5, 5.41) is 9.71. The van der Waals surface area contributed by atoms with Crippen molar-refractivity contribution >= 4 is 0 Å². The van der Waals surface area contributed by atoms with E-state index in [9.17, 15) is 13.9 Å². The van der Waals surface area contributed by atoms with Crippen LogP contribution in [0.3, 0.4) is 0 Å². The van der Waals surface area contributed by atoms with Crippen molar-refractivity contribution in [3.8, 4) is 0 Å². The van der Waals surface area contributed by atoms with Gasteiger partial charge in [0.2, 0.25) is 0 Å². The zero-order chi connectivity index (χ0) is 12.1. The lowest BCUT2D eigenvalue weighted by molar-refractivity contribution is -0.0208. The molecule has 2 atom stereocenters. The van der Waals surface area contributed by atoms with Crippen LogP contribution in [0.2, 0.25) is 0 Å². The number of hydrogen-bond donors (Lipinski definition) is 1. The largest absolute Gasteiger partial charge is 0.390 e. The molecule has 0 bridgehead atoms. The number of halogens is 2. The predicted molar refractivity (Wildman–Crippen MR) is 57.2 cm³/mol. The Labute approximate surface area is 93.9 Å². The van der Waals surface area contributed by atoms with Crippen LogP contribution in [-0.2, 0) is 11.2 Å². The predicted octanol–water partition coefficient (Wildman–Crippen LogP) is 2.29. The van der Waals surface area contributed by atoms with Gasteiger partial charge < -0.3 is 9.84 Å². The number of aliphatic hydroxyl groups excluding tert-OH is 1. The van der Waals surface area contributed by atoms with Crippen molar-refractivity contribution in [3.63, 3.8) is 0 Å². The summed E-state index contributed by atoms with van der Waals surface area (Å²) in [7, 11) is 0. The third-order valence-electron chi connectivity index (χ3n) is 2.34. The van der Waals surface area contributed by atoms with E-state index in [0.717, 1.165) is 6.07 Å². The maximum absolute atomic E-state index is 12.9. The van der Waals surface area contributed by atoms with Gasteiger partial charge in [0.15, 0.2) is 0 Å². The molecule has 0 aliphatic rings. The SMILES string of the molecule is CCOC(C)C(O)Cc1cc(F)cc(F)c1. The standard InChI is InChI=1S/C12H16F2O2/c1-3-16-8(2)12(15)6-9-4-10(13)7-11(14)5-9/h4-5,7-8,12,15H,3,6H2,1-2H3. The molecule has 1 aromatic rings. The molecule has 0 aliphatic heterocycles. The monoisotopic (exact) mass is 230 g/mol. The summed E-state index contributed by atoms with van der Waals surface area (Å²) in [6, 6.07) is 3.23. The Morgan fingerprint density at radius 1 is 1.25 bits per heavy atom. The first-order valence-corrected chi connectivity index (χ1v) is 5.27. The summed E-state index contributed by atoms with van der Waals surface area (Å²) in [4.78, 5) is 0. The molecule has 1 N–H and O–H groups in total. The molecular weight excluding hydrogens is 214 g/mol. The first kappa shape index (κ1) is 13.1. The Kier molecular flexibility index (Phi) is 4.83. The van der Waals surface area contributed by atoms with E-state index in [1.807, 2.05) is 6.92 Å². The van der Waals surface area contributed by atoms with E-state index in [1.54, 1.807) is 6.92 Å². The van der Waals surface area contributed by atoms with Crippen molar-refractivity contribution in [3.05, 3.63) is 35.4 Å². The highest BCUT2D eigenvalue weighted by Crippen LogP contribution is 2.12. The lowest BCUT2D eigenvalue weighted by atomic mass is 10.0. The van der Waals surface area contributed by atoms with Gasteiger partial charge in [-0.2, -0.15) is 0 Å². The van der Waals surface area contributed by atoms with E-state index in [2.05, 4.69) is 0 Å². The van der Waals surface area contributed by atoms with Gasteiger partial charge in [0.1, 0.15) is 11.6 Å². The van der Waals surface area contributed by atoms with E-state index in [0.29, 0.717) is 12.2 Å². The van der Waals surface area contributed by atoms with Gasteiger partial charge in [-0.25, -0.2) is 8.78 Å². The molecule has 0 saturated heterocycles. The summed E-state index contributed by atoms with van der Waals surface area (Å²) in [5.41, 5.74) is 0.427. The summed E-state index contributed by atoms with van der Waals surface area (Å²) in [6.07, 6.45) is -0.937. The molecule has 1 aromatic carbocycles. The van der Waals surface area contributed by atoms with E-state index in [-0.39, 0.29) is 12.5 Å². The fourth-order valence-electron chi connectivity index (χ4n) is 1.51. The second-order valence-corrected chi connectivity index (χ2v) is 3.71. The van der Waals surface area contributed by atoms with Crippen LogP contribution < -0.4 is 0 Å². The summed E-state index contributed by atoms with van der Waals surface area (Å²) in [6.45, 7) is 4.05. The van der Waals surface area contributed by atoms with E-state index in [1.165, 1.54) is 12.1 Å². The Hall–Kier alpha value is -1.00. The normalized spacial score (nSPS) is 14.8. The van der Waals surface area contributed by atoms with Crippen LogP contribution in [0.15, 0.2) is 18.2 Å². The molecule has 0 aliphatic carbocycles. The van der Waals surface area contributed by atoms with Gasteiger partial charge in [0.05, 0.1) is 12.2 Å². The zero-order valence-electron chi connectivity index (χ0n) is 9.41. The van der Waals surface area contributed by atoms with E-state index in [4.69, 9.17) is 4.74 Å². The molecule has 0 saturated carbocycles. The van der Waals surface area contributed by atoms with Crippen molar-refractivity contribution in [2.45, 2.75) is 32.5 Å². The molecule has 1 rings (SSSR count). The molecule has 2 nitrogen and oxygen atoms in total. The molecule has 4 heteroatoms. The molecule has 2 unspecified atom stereocenters. The third-order valence-corrected chi connectivity index (χ3v) is 2.34. The Balaban J connectivity index is 2.65. The first-order valence-electron chi connectivity index (χ1n) is 5.27. The second-order valence-electron chi connectivity index (χ2n) is 3.71.